The van der Waals surface area contributed by atoms with Crippen molar-refractivity contribution < 1.29 is 9.60 Å². The molecule has 0 saturated heterocycles. The first-order valence-corrected chi connectivity index (χ1v) is 8.52. The third kappa shape index (κ3) is 3.63. The molecule has 1 aromatic carbocycles. The van der Waals surface area contributed by atoms with Crippen molar-refractivity contribution in [3.63, 3.8) is 0 Å². The average Bonchev–Trinajstić information content (AvgIpc) is 3.36. The molecule has 9 nitrogen and oxygen atoms in total. The first-order chi connectivity index (χ1) is 13.6. The number of imidazole rings is 2. The monoisotopic (exact) mass is 400 g/mol. The van der Waals surface area contributed by atoms with E-state index in [2.05, 4.69) is 40.7 Å². The lowest BCUT2D eigenvalue weighted by molar-refractivity contribution is 0.235. The van der Waals surface area contributed by atoms with Crippen LogP contribution >= 0.6 is 11.6 Å². The maximum absolute atomic E-state index is 13.3. The van der Waals surface area contributed by atoms with Gasteiger partial charge in [-0.1, -0.05) is 11.6 Å². The molecule has 0 spiro atoms. The van der Waals surface area contributed by atoms with Gasteiger partial charge in [0.05, 0.1) is 34.8 Å². The van der Waals surface area contributed by atoms with Crippen LogP contribution in [0.25, 0.3) is 11.2 Å². The van der Waals surface area contributed by atoms with E-state index in [4.69, 9.17) is 11.6 Å². The second kappa shape index (κ2) is 7.62. The molecule has 0 aliphatic carbocycles. The number of nitrogens with zero attached hydrogens (tertiary/aromatic N) is 4. The predicted octanol–water partition coefficient (Wildman–Crippen LogP) is 3.14. The van der Waals surface area contributed by atoms with E-state index in [1.807, 2.05) is 0 Å². The van der Waals surface area contributed by atoms with E-state index in [9.17, 15) is 9.60 Å². The molecule has 0 aliphatic heterocycles. The number of benzene rings is 1. The number of pyridine rings is 1. The summed E-state index contributed by atoms with van der Waals surface area (Å²) >= 11 is 5.79. The van der Waals surface area contributed by atoms with Gasteiger partial charge in [0.15, 0.2) is 11.5 Å². The number of hydrogen-bond acceptors (Lipinski definition) is 6. The Kier molecular flexibility index (Phi) is 4.87. The molecule has 0 aliphatic rings. The summed E-state index contributed by atoms with van der Waals surface area (Å²) in [5.74, 6) is 0.0671. The van der Waals surface area contributed by atoms with Gasteiger partial charge in [-0.3, -0.25) is 10.7 Å². The zero-order valence-electron chi connectivity index (χ0n) is 14.2. The van der Waals surface area contributed by atoms with Crippen LogP contribution in [0.1, 0.15) is 11.3 Å². The number of amidine groups is 1. The quantitative estimate of drug-likeness (QED) is 0.199. The Hall–Kier alpha value is -3.50. The molecule has 3 heterocycles. The van der Waals surface area contributed by atoms with E-state index in [1.165, 1.54) is 18.2 Å². The molecule has 0 unspecified atom stereocenters. The molecule has 0 bridgehead atoms. The fourth-order valence-electron chi connectivity index (χ4n) is 2.58. The lowest BCUT2D eigenvalue weighted by Gasteiger charge is -2.06. The van der Waals surface area contributed by atoms with Crippen molar-refractivity contribution in [2.75, 3.05) is 5.32 Å². The van der Waals surface area contributed by atoms with Gasteiger partial charge < -0.3 is 15.3 Å². The molecule has 0 atom stereocenters. The van der Waals surface area contributed by atoms with Crippen molar-refractivity contribution in [3.8, 4) is 0 Å². The van der Waals surface area contributed by atoms with E-state index in [0.717, 1.165) is 5.69 Å². The second-order valence-electron chi connectivity index (χ2n) is 5.74. The number of halogens is 2. The maximum atomic E-state index is 13.3. The number of aliphatic imine (C=N–C) groups is 1. The largest absolute Gasteiger partial charge is 0.350 e. The molecule has 0 fully saturated rings. The number of aromatic amines is 2. The van der Waals surface area contributed by atoms with Crippen LogP contribution in [-0.2, 0) is 6.54 Å². The summed E-state index contributed by atoms with van der Waals surface area (Å²) in [6, 6.07) is 5.66. The van der Waals surface area contributed by atoms with E-state index < -0.39 is 5.82 Å². The Morgan fingerprint density at radius 1 is 1.32 bits per heavy atom. The van der Waals surface area contributed by atoms with Crippen LogP contribution in [-0.4, -0.2) is 36.0 Å². The highest BCUT2D eigenvalue weighted by atomic mass is 35.5. The minimum Gasteiger partial charge on any atom is -0.350 e. The molecule has 4 rings (SSSR count). The van der Waals surface area contributed by atoms with Crippen LogP contribution in [0.3, 0.4) is 0 Å². The predicted molar refractivity (Wildman–Crippen MR) is 102 cm³/mol. The summed E-state index contributed by atoms with van der Waals surface area (Å²) in [5, 5.41) is 12.6. The third-order valence-corrected chi connectivity index (χ3v) is 4.19. The van der Waals surface area contributed by atoms with Gasteiger partial charge in [0.2, 0.25) is 5.95 Å². The molecule has 11 heteroatoms. The molecule has 0 amide bonds. The minimum absolute atomic E-state index is 0.0646. The van der Waals surface area contributed by atoms with Gasteiger partial charge in [0.25, 0.3) is 0 Å². The Morgan fingerprint density at radius 3 is 2.96 bits per heavy atom. The number of aromatic nitrogens is 5. The number of hydrogen-bond donors (Lipinski definition) is 5. The fourth-order valence-corrected chi connectivity index (χ4v) is 2.76. The number of rotatable bonds is 5. The second-order valence-corrected chi connectivity index (χ2v) is 6.15. The summed E-state index contributed by atoms with van der Waals surface area (Å²) in [5.41, 5.74) is 4.83. The minimum atomic E-state index is -0.549. The van der Waals surface area contributed by atoms with Crippen LogP contribution in [0.5, 0.6) is 0 Å². The standard InChI is InChI=1S/C17H14ClFN8O/c18-12-5-9(1-2-13(12)19)24-15(27-28)11-3-4-21-16-14(11)25-17(26-16)22-7-10-6-20-8-23-10/h1-6,8,28H,7H2,(H,20,23)(H,24,27)(H2,21,22,25,26). The van der Waals surface area contributed by atoms with Crippen molar-refractivity contribution in [2.45, 2.75) is 6.54 Å². The van der Waals surface area contributed by atoms with Crippen LogP contribution in [0, 0.1) is 5.82 Å². The summed E-state index contributed by atoms with van der Waals surface area (Å²) in [6.07, 6.45) is 4.84. The lowest BCUT2D eigenvalue weighted by Crippen LogP contribution is -2.20. The highest BCUT2D eigenvalue weighted by Crippen LogP contribution is 2.23. The summed E-state index contributed by atoms with van der Waals surface area (Å²) in [4.78, 5) is 22.9. The van der Waals surface area contributed by atoms with Crippen LogP contribution < -0.4 is 10.8 Å². The summed E-state index contributed by atoms with van der Waals surface area (Å²) in [7, 11) is 0. The molecule has 5 N–H and O–H groups in total. The van der Waals surface area contributed by atoms with Gasteiger partial charge in [-0.2, -0.15) is 4.98 Å². The molecular formula is C17H14ClFN8O. The van der Waals surface area contributed by atoms with Crippen molar-refractivity contribution in [2.24, 2.45) is 4.99 Å². The molecular weight excluding hydrogens is 387 g/mol. The first kappa shape index (κ1) is 17.9. The Morgan fingerprint density at radius 2 is 2.21 bits per heavy atom. The van der Waals surface area contributed by atoms with Crippen molar-refractivity contribution in [1.29, 1.82) is 0 Å². The van der Waals surface area contributed by atoms with Crippen molar-refractivity contribution in [1.82, 2.24) is 30.4 Å². The molecule has 28 heavy (non-hydrogen) atoms. The number of fused-ring (bicyclic) bond motifs is 1. The zero-order valence-corrected chi connectivity index (χ0v) is 15.0. The highest BCUT2D eigenvalue weighted by molar-refractivity contribution is 6.31. The van der Waals surface area contributed by atoms with E-state index >= 15 is 0 Å². The average molecular weight is 401 g/mol. The number of anilines is 1. The Balaban J connectivity index is 1.67. The Labute approximate surface area is 162 Å². The van der Waals surface area contributed by atoms with Crippen LogP contribution in [0.4, 0.5) is 16.0 Å². The molecule has 0 radical (unpaired) electrons. The van der Waals surface area contributed by atoms with Gasteiger partial charge in [-0.15, -0.1) is 0 Å². The smallest absolute Gasteiger partial charge is 0.203 e. The molecule has 142 valence electrons. The van der Waals surface area contributed by atoms with Crippen LogP contribution in [0.2, 0.25) is 5.02 Å². The van der Waals surface area contributed by atoms with Crippen molar-refractivity contribution in [3.05, 3.63) is 65.1 Å². The molecule has 3 aromatic heterocycles. The highest BCUT2D eigenvalue weighted by Gasteiger charge is 2.13. The maximum Gasteiger partial charge on any atom is 0.203 e. The van der Waals surface area contributed by atoms with Gasteiger partial charge in [-0.25, -0.2) is 19.4 Å². The van der Waals surface area contributed by atoms with E-state index in [-0.39, 0.29) is 10.9 Å². The number of H-pyrrole nitrogens is 2. The SMILES string of the molecule is ONC(=Nc1ccc(F)c(Cl)c1)c1ccnc2nc(NCc3cnc[nH]3)[nH]c12. The van der Waals surface area contributed by atoms with Gasteiger partial charge in [-0.05, 0) is 24.3 Å². The third-order valence-electron chi connectivity index (χ3n) is 3.90. The topological polar surface area (TPSA) is 127 Å². The lowest BCUT2D eigenvalue weighted by atomic mass is 10.2. The van der Waals surface area contributed by atoms with Gasteiger partial charge >= 0.3 is 0 Å². The Bertz CT molecular complexity index is 1140. The zero-order chi connectivity index (χ0) is 19.5. The summed E-state index contributed by atoms with van der Waals surface area (Å²) in [6.45, 7) is 0.489. The summed E-state index contributed by atoms with van der Waals surface area (Å²) < 4.78 is 13.3. The molecule has 0 saturated carbocycles. The van der Waals surface area contributed by atoms with Gasteiger partial charge in [0, 0.05) is 18.0 Å². The van der Waals surface area contributed by atoms with Crippen LogP contribution in [0.15, 0.2) is 48.0 Å². The molecule has 4 aromatic rings. The number of hydroxylamine groups is 1. The van der Waals surface area contributed by atoms with Crippen molar-refractivity contribution >= 4 is 40.2 Å². The number of nitrogens with one attached hydrogen (secondary N) is 4. The fraction of sp³-hybridized carbons (Fsp3) is 0.0588. The van der Waals surface area contributed by atoms with Gasteiger partial charge in [0.1, 0.15) is 5.82 Å². The van der Waals surface area contributed by atoms with E-state index in [0.29, 0.717) is 34.9 Å². The van der Waals surface area contributed by atoms with E-state index in [1.54, 1.807) is 24.8 Å². The first-order valence-electron chi connectivity index (χ1n) is 8.14. The normalized spacial score (nSPS) is 11.8.